The zero-order valence-corrected chi connectivity index (χ0v) is 26.2. The number of anilines is 1. The zero-order valence-electron chi connectivity index (χ0n) is 23.8. The van der Waals surface area contributed by atoms with Crippen molar-refractivity contribution in [1.29, 1.82) is 0 Å². The Labute approximate surface area is 257 Å². The first-order valence-electron chi connectivity index (χ1n) is 13.5. The summed E-state index contributed by atoms with van der Waals surface area (Å²) in [5.74, 6) is -1.23. The summed E-state index contributed by atoms with van der Waals surface area (Å²) >= 11 is 12.6. The van der Waals surface area contributed by atoms with Crippen molar-refractivity contribution in [2.45, 2.75) is 45.7 Å². The third-order valence-electron chi connectivity index (χ3n) is 6.68. The molecule has 0 aliphatic heterocycles. The Bertz CT molecular complexity index is 1520. The smallest absolute Gasteiger partial charge is 0.244 e. The molecule has 0 bridgehead atoms. The molecular weight excluding hydrogens is 597 g/mol. The number of nitrogens with zero attached hydrogens (tertiary/aromatic N) is 2. The molecule has 11 heteroatoms. The van der Waals surface area contributed by atoms with Gasteiger partial charge in [-0.15, -0.1) is 0 Å². The van der Waals surface area contributed by atoms with Gasteiger partial charge >= 0.3 is 0 Å². The summed E-state index contributed by atoms with van der Waals surface area (Å²) in [6, 6.07) is 19.2. The number of halogens is 2. The van der Waals surface area contributed by atoms with Crippen LogP contribution in [0.4, 0.5) is 5.69 Å². The summed E-state index contributed by atoms with van der Waals surface area (Å²) in [4.78, 5) is 41.1. The molecule has 0 radical (unpaired) electrons. The number of carbonyl (C=O) groups is 3. The van der Waals surface area contributed by atoms with Crippen molar-refractivity contribution in [3.8, 4) is 0 Å². The molecule has 8 nitrogen and oxygen atoms in total. The molecule has 0 aliphatic carbocycles. The fraction of sp³-hybridized carbons (Fsp3) is 0.323. The van der Waals surface area contributed by atoms with Crippen LogP contribution in [0.3, 0.4) is 0 Å². The number of sulfonamides is 1. The van der Waals surface area contributed by atoms with Crippen LogP contribution in [0.15, 0.2) is 72.8 Å². The van der Waals surface area contributed by atoms with Gasteiger partial charge in [0.25, 0.3) is 0 Å². The summed E-state index contributed by atoms with van der Waals surface area (Å²) in [6.07, 6.45) is 2.80. The van der Waals surface area contributed by atoms with Crippen LogP contribution in [0.25, 0.3) is 0 Å². The highest BCUT2D eigenvalue weighted by molar-refractivity contribution is 7.92. The van der Waals surface area contributed by atoms with Crippen LogP contribution in [0.1, 0.15) is 48.2 Å². The molecule has 2 amide bonds. The number of amides is 2. The van der Waals surface area contributed by atoms with E-state index in [0.717, 1.165) is 29.0 Å². The highest BCUT2D eigenvalue weighted by atomic mass is 35.5. The maximum absolute atomic E-state index is 14.1. The van der Waals surface area contributed by atoms with E-state index in [1.54, 1.807) is 30.3 Å². The molecule has 0 aliphatic rings. The van der Waals surface area contributed by atoms with Gasteiger partial charge in [0.15, 0.2) is 5.78 Å². The van der Waals surface area contributed by atoms with Crippen LogP contribution in [-0.2, 0) is 32.6 Å². The van der Waals surface area contributed by atoms with E-state index < -0.39 is 28.5 Å². The van der Waals surface area contributed by atoms with Crippen molar-refractivity contribution in [1.82, 2.24) is 10.2 Å². The molecule has 1 atom stereocenters. The van der Waals surface area contributed by atoms with Gasteiger partial charge in [-0.1, -0.05) is 85.1 Å². The van der Waals surface area contributed by atoms with Crippen LogP contribution in [-0.4, -0.2) is 56.3 Å². The second-order valence-electron chi connectivity index (χ2n) is 9.98. The molecule has 1 N–H and O–H groups in total. The summed E-state index contributed by atoms with van der Waals surface area (Å²) in [6.45, 7) is 3.14. The van der Waals surface area contributed by atoms with E-state index in [2.05, 4.69) is 5.32 Å². The average molecular weight is 633 g/mol. The number of Topliss-reactive ketones (excluding diaryl/α,β-unsaturated/α-hetero) is 1. The van der Waals surface area contributed by atoms with E-state index >= 15 is 0 Å². The Kier molecular flexibility index (Phi) is 12.0. The first-order chi connectivity index (χ1) is 19.9. The van der Waals surface area contributed by atoms with Crippen molar-refractivity contribution in [3.05, 3.63) is 99.5 Å². The zero-order chi connectivity index (χ0) is 30.9. The van der Waals surface area contributed by atoms with Crippen molar-refractivity contribution in [2.24, 2.45) is 0 Å². The van der Waals surface area contributed by atoms with Crippen LogP contribution in [0.5, 0.6) is 0 Å². The number of rotatable bonds is 14. The van der Waals surface area contributed by atoms with Gasteiger partial charge in [0.1, 0.15) is 12.6 Å². The molecule has 0 heterocycles. The summed E-state index contributed by atoms with van der Waals surface area (Å²) in [7, 11) is -3.97. The van der Waals surface area contributed by atoms with Crippen molar-refractivity contribution < 1.29 is 22.8 Å². The summed E-state index contributed by atoms with van der Waals surface area (Å²) in [5.41, 5.74) is 1.83. The number of hydrogen-bond acceptors (Lipinski definition) is 5. The molecule has 42 heavy (non-hydrogen) atoms. The third-order valence-corrected chi connectivity index (χ3v) is 8.40. The Balaban J connectivity index is 2.08. The highest BCUT2D eigenvalue weighted by Crippen LogP contribution is 2.25. The van der Waals surface area contributed by atoms with Gasteiger partial charge in [-0.2, -0.15) is 0 Å². The maximum Gasteiger partial charge on any atom is 0.244 e. The Hall–Kier alpha value is -3.40. The van der Waals surface area contributed by atoms with Crippen molar-refractivity contribution >= 4 is 56.5 Å². The van der Waals surface area contributed by atoms with Crippen LogP contribution in [0, 0.1) is 0 Å². The normalized spacial score (nSPS) is 11.9. The van der Waals surface area contributed by atoms with Gasteiger partial charge in [0.2, 0.25) is 21.8 Å². The molecule has 3 aromatic rings. The minimum atomic E-state index is -3.97. The topological polar surface area (TPSA) is 104 Å². The minimum absolute atomic E-state index is 0.0708. The Morgan fingerprint density at radius 2 is 1.67 bits per heavy atom. The lowest BCUT2D eigenvalue weighted by atomic mass is 10.0. The van der Waals surface area contributed by atoms with E-state index in [0.29, 0.717) is 27.7 Å². The number of benzene rings is 3. The molecule has 0 aromatic heterocycles. The van der Waals surface area contributed by atoms with Crippen LogP contribution >= 0.6 is 23.2 Å². The number of carbonyl (C=O) groups excluding carboxylic acids is 3. The molecule has 3 aromatic carbocycles. The predicted molar refractivity (Wildman–Crippen MR) is 167 cm³/mol. The second-order valence-corrected chi connectivity index (χ2v) is 12.7. The van der Waals surface area contributed by atoms with E-state index in [1.807, 2.05) is 37.3 Å². The van der Waals surface area contributed by atoms with Crippen LogP contribution in [0.2, 0.25) is 10.0 Å². The molecule has 0 saturated carbocycles. The number of unbranched alkanes of at least 4 members (excludes halogenated alkanes) is 1. The second kappa shape index (κ2) is 15.2. The molecule has 0 saturated heterocycles. The van der Waals surface area contributed by atoms with E-state index in [9.17, 15) is 22.8 Å². The van der Waals surface area contributed by atoms with Gasteiger partial charge in [0, 0.05) is 35.1 Å². The lowest BCUT2D eigenvalue weighted by molar-refractivity contribution is -0.140. The standard InChI is InChI=1S/C31H35Cl2N3O5S/c1-4-5-16-34-31(39)29(17-23-10-7-6-8-11-23)35(20-25-14-15-26(32)19-28(25)33)30(38)21-36(42(3,40)41)27-13-9-12-24(18-27)22(2)37/h6-15,18-19,29H,4-5,16-17,20-21H2,1-3H3,(H,34,39)/t29-/m0/s1. The molecule has 224 valence electrons. The third kappa shape index (κ3) is 9.31. The molecule has 3 rings (SSSR count). The molecular formula is C31H35Cl2N3O5S. The largest absolute Gasteiger partial charge is 0.354 e. The van der Waals surface area contributed by atoms with Crippen molar-refractivity contribution in [3.63, 3.8) is 0 Å². The van der Waals surface area contributed by atoms with Gasteiger partial charge in [-0.25, -0.2) is 8.42 Å². The van der Waals surface area contributed by atoms with E-state index in [-0.39, 0.29) is 30.3 Å². The summed E-state index contributed by atoms with van der Waals surface area (Å²) in [5, 5.41) is 3.64. The van der Waals surface area contributed by atoms with Gasteiger partial charge < -0.3 is 10.2 Å². The fourth-order valence-corrected chi connectivity index (χ4v) is 5.70. The average Bonchev–Trinajstić information content (AvgIpc) is 2.94. The SMILES string of the molecule is CCCCNC(=O)[C@H](Cc1ccccc1)N(Cc1ccc(Cl)cc1Cl)C(=O)CN(c1cccc(C(C)=O)c1)S(C)(=O)=O. The minimum Gasteiger partial charge on any atom is -0.354 e. The highest BCUT2D eigenvalue weighted by Gasteiger charge is 2.33. The number of hydrogen-bond donors (Lipinski definition) is 1. The molecule has 0 fully saturated rings. The number of nitrogens with one attached hydrogen (secondary N) is 1. The van der Waals surface area contributed by atoms with Gasteiger partial charge in [0.05, 0.1) is 11.9 Å². The maximum atomic E-state index is 14.1. The first-order valence-corrected chi connectivity index (χ1v) is 16.1. The monoisotopic (exact) mass is 631 g/mol. The quantitative estimate of drug-likeness (QED) is 0.186. The Morgan fingerprint density at radius 3 is 2.29 bits per heavy atom. The van der Waals surface area contributed by atoms with Gasteiger partial charge in [-0.05, 0) is 48.7 Å². The van der Waals surface area contributed by atoms with Crippen molar-refractivity contribution in [2.75, 3.05) is 23.7 Å². The lowest BCUT2D eigenvalue weighted by Gasteiger charge is -2.33. The van der Waals surface area contributed by atoms with E-state index in [1.165, 1.54) is 24.0 Å². The van der Waals surface area contributed by atoms with Crippen LogP contribution < -0.4 is 9.62 Å². The van der Waals surface area contributed by atoms with E-state index in [4.69, 9.17) is 23.2 Å². The first kappa shape index (κ1) is 33.1. The fourth-order valence-electron chi connectivity index (χ4n) is 4.39. The van der Waals surface area contributed by atoms with Gasteiger partial charge in [-0.3, -0.25) is 18.7 Å². The summed E-state index contributed by atoms with van der Waals surface area (Å²) < 4.78 is 26.8. The molecule has 0 unspecified atom stereocenters. The molecule has 0 spiro atoms. The predicted octanol–water partition coefficient (Wildman–Crippen LogP) is 5.52. The Morgan fingerprint density at radius 1 is 0.952 bits per heavy atom. The lowest BCUT2D eigenvalue weighted by Crippen LogP contribution is -2.53. The number of ketones is 1.